The van der Waals surface area contributed by atoms with Crippen LogP contribution in [0.5, 0.6) is 5.75 Å². The fourth-order valence-electron chi connectivity index (χ4n) is 3.84. The maximum atomic E-state index is 11.5. The molecule has 0 unspecified atom stereocenters. The first kappa shape index (κ1) is 25.7. The van der Waals surface area contributed by atoms with Crippen LogP contribution in [0.25, 0.3) is 22.5 Å². The molecule has 0 bridgehead atoms. The van der Waals surface area contributed by atoms with Gasteiger partial charge in [0.15, 0.2) is 5.82 Å². The number of nitrogens with zero attached hydrogens (tertiary/aromatic N) is 3. The fourth-order valence-corrected chi connectivity index (χ4v) is 4.06. The second-order valence-electron chi connectivity index (χ2n) is 8.47. The van der Waals surface area contributed by atoms with Gasteiger partial charge in [0, 0.05) is 30.1 Å². The number of hydrogen-bond acceptors (Lipinski definition) is 6. The Morgan fingerprint density at radius 2 is 1.85 bits per heavy atom. The standard InChI is InChI=1S/C27H32ClN3O3/c1-6-22-19(12-13-31(4)17-26(32)33-5)8-7-9-23(22)21-15-29-27(30-16-21)20-10-11-25(24(28)14-20)34-18(2)3/h7-11,14-16,18H,6,12-13,17H2,1-5H3. The summed E-state index contributed by atoms with van der Waals surface area (Å²) >= 11 is 6.39. The summed E-state index contributed by atoms with van der Waals surface area (Å²) in [6, 6.07) is 11.9. The highest BCUT2D eigenvalue weighted by molar-refractivity contribution is 6.32. The van der Waals surface area contributed by atoms with Gasteiger partial charge in [-0.2, -0.15) is 0 Å². The highest BCUT2D eigenvalue weighted by Crippen LogP contribution is 2.31. The third-order valence-electron chi connectivity index (χ3n) is 5.53. The lowest BCUT2D eigenvalue weighted by Crippen LogP contribution is -2.28. The first-order valence-electron chi connectivity index (χ1n) is 11.5. The van der Waals surface area contributed by atoms with Gasteiger partial charge < -0.3 is 9.47 Å². The number of likely N-dealkylation sites (N-methyl/N-ethyl adjacent to an activating group) is 1. The van der Waals surface area contributed by atoms with Crippen molar-refractivity contribution >= 4 is 17.6 Å². The van der Waals surface area contributed by atoms with E-state index in [1.165, 1.54) is 18.2 Å². The van der Waals surface area contributed by atoms with Crippen molar-refractivity contribution in [3.8, 4) is 28.3 Å². The van der Waals surface area contributed by atoms with Gasteiger partial charge in [0.05, 0.1) is 24.8 Å². The van der Waals surface area contributed by atoms with Gasteiger partial charge in [-0.25, -0.2) is 9.97 Å². The van der Waals surface area contributed by atoms with Crippen LogP contribution in [0, 0.1) is 0 Å². The van der Waals surface area contributed by atoms with Gasteiger partial charge in [-0.15, -0.1) is 0 Å². The average Bonchev–Trinajstić information content (AvgIpc) is 2.83. The van der Waals surface area contributed by atoms with Crippen molar-refractivity contribution in [3.05, 3.63) is 64.9 Å². The Morgan fingerprint density at radius 3 is 2.47 bits per heavy atom. The Labute approximate surface area is 206 Å². The number of aromatic nitrogens is 2. The molecule has 3 aromatic rings. The molecular weight excluding hydrogens is 450 g/mol. The van der Waals surface area contributed by atoms with Gasteiger partial charge in [0.2, 0.25) is 0 Å². The van der Waals surface area contributed by atoms with Crippen molar-refractivity contribution in [1.29, 1.82) is 0 Å². The number of ether oxygens (including phenoxy) is 2. The minimum absolute atomic E-state index is 0.0515. The number of methoxy groups -OCH3 is 1. The van der Waals surface area contributed by atoms with Crippen LogP contribution in [-0.4, -0.2) is 54.2 Å². The molecule has 0 aliphatic rings. The Bertz CT molecular complexity index is 1120. The predicted molar refractivity (Wildman–Crippen MR) is 136 cm³/mol. The smallest absolute Gasteiger partial charge is 0.319 e. The number of hydrogen-bond donors (Lipinski definition) is 0. The predicted octanol–water partition coefficient (Wildman–Crippen LogP) is 5.46. The molecule has 7 heteroatoms. The lowest BCUT2D eigenvalue weighted by Gasteiger charge is -2.18. The second-order valence-corrected chi connectivity index (χ2v) is 8.88. The normalized spacial score (nSPS) is 11.2. The number of esters is 1. The van der Waals surface area contributed by atoms with Crippen LogP contribution < -0.4 is 4.74 Å². The summed E-state index contributed by atoms with van der Waals surface area (Å²) in [5.74, 6) is 1.03. The summed E-state index contributed by atoms with van der Waals surface area (Å²) in [5, 5.41) is 0.539. The van der Waals surface area contributed by atoms with E-state index >= 15 is 0 Å². The third kappa shape index (κ3) is 6.55. The summed E-state index contributed by atoms with van der Waals surface area (Å²) in [6.07, 6.45) is 5.50. The van der Waals surface area contributed by atoms with Gasteiger partial charge >= 0.3 is 5.97 Å². The number of benzene rings is 2. The molecule has 3 rings (SSSR count). The summed E-state index contributed by atoms with van der Waals surface area (Å²) < 4.78 is 10.5. The zero-order chi connectivity index (χ0) is 24.7. The lowest BCUT2D eigenvalue weighted by molar-refractivity contribution is -0.141. The molecule has 0 spiro atoms. The largest absolute Gasteiger partial charge is 0.489 e. The fraction of sp³-hybridized carbons (Fsp3) is 0.370. The first-order chi connectivity index (χ1) is 16.3. The van der Waals surface area contributed by atoms with Crippen molar-refractivity contribution in [3.63, 3.8) is 0 Å². The first-order valence-corrected chi connectivity index (χ1v) is 11.8. The van der Waals surface area contributed by atoms with E-state index in [1.54, 1.807) is 0 Å². The van der Waals surface area contributed by atoms with Gasteiger partial charge in [-0.1, -0.05) is 36.7 Å². The van der Waals surface area contributed by atoms with E-state index in [4.69, 9.17) is 21.1 Å². The van der Waals surface area contributed by atoms with Crippen LogP contribution >= 0.6 is 11.6 Å². The molecule has 6 nitrogen and oxygen atoms in total. The van der Waals surface area contributed by atoms with Gasteiger partial charge in [0.25, 0.3) is 0 Å². The molecule has 0 aliphatic heterocycles. The lowest BCUT2D eigenvalue weighted by atomic mass is 9.93. The van der Waals surface area contributed by atoms with E-state index in [0.29, 0.717) is 16.6 Å². The second kappa shape index (κ2) is 12.0. The van der Waals surface area contributed by atoms with E-state index in [1.807, 2.05) is 56.4 Å². The molecule has 180 valence electrons. The molecular formula is C27H32ClN3O3. The van der Waals surface area contributed by atoms with E-state index in [-0.39, 0.29) is 18.6 Å². The van der Waals surface area contributed by atoms with Crippen LogP contribution in [0.2, 0.25) is 5.02 Å². The van der Waals surface area contributed by atoms with E-state index in [2.05, 4.69) is 35.1 Å². The topological polar surface area (TPSA) is 64.6 Å². The maximum absolute atomic E-state index is 11.5. The average molecular weight is 482 g/mol. The maximum Gasteiger partial charge on any atom is 0.319 e. The molecule has 1 aromatic heterocycles. The summed E-state index contributed by atoms with van der Waals surface area (Å²) in [7, 11) is 3.33. The van der Waals surface area contributed by atoms with Gasteiger partial charge in [0.1, 0.15) is 5.75 Å². The molecule has 0 atom stereocenters. The molecule has 0 saturated heterocycles. The van der Waals surface area contributed by atoms with Crippen molar-refractivity contribution in [1.82, 2.24) is 14.9 Å². The van der Waals surface area contributed by atoms with Gasteiger partial charge in [-0.05, 0) is 68.6 Å². The highest BCUT2D eigenvalue weighted by Gasteiger charge is 2.13. The Kier molecular flexibility index (Phi) is 9.02. The van der Waals surface area contributed by atoms with E-state index < -0.39 is 0 Å². The van der Waals surface area contributed by atoms with Crippen molar-refractivity contribution in [2.45, 2.75) is 39.7 Å². The van der Waals surface area contributed by atoms with Crippen LogP contribution in [0.3, 0.4) is 0 Å². The summed E-state index contributed by atoms with van der Waals surface area (Å²) in [5.41, 5.74) is 5.46. The molecule has 0 fully saturated rings. The van der Waals surface area contributed by atoms with Crippen molar-refractivity contribution < 1.29 is 14.3 Å². The van der Waals surface area contributed by atoms with E-state index in [9.17, 15) is 4.79 Å². The Hall–Kier alpha value is -2.96. The number of rotatable bonds is 10. The number of carbonyl (C=O) groups is 1. The molecule has 0 amide bonds. The summed E-state index contributed by atoms with van der Waals surface area (Å²) in [4.78, 5) is 22.7. The van der Waals surface area contributed by atoms with Crippen LogP contribution in [0.4, 0.5) is 0 Å². The third-order valence-corrected chi connectivity index (χ3v) is 5.83. The Morgan fingerprint density at radius 1 is 1.12 bits per heavy atom. The van der Waals surface area contributed by atoms with Crippen LogP contribution in [-0.2, 0) is 22.4 Å². The Balaban J connectivity index is 1.79. The zero-order valence-electron chi connectivity index (χ0n) is 20.5. The monoisotopic (exact) mass is 481 g/mol. The molecule has 0 aliphatic carbocycles. The molecule has 34 heavy (non-hydrogen) atoms. The quantitative estimate of drug-likeness (QED) is 0.358. The van der Waals surface area contributed by atoms with E-state index in [0.717, 1.165) is 36.1 Å². The minimum atomic E-state index is -0.229. The minimum Gasteiger partial charge on any atom is -0.489 e. The summed E-state index contributed by atoms with van der Waals surface area (Å²) in [6.45, 7) is 7.12. The molecule has 1 heterocycles. The van der Waals surface area contributed by atoms with Crippen molar-refractivity contribution in [2.24, 2.45) is 0 Å². The molecule has 0 N–H and O–H groups in total. The highest BCUT2D eigenvalue weighted by atomic mass is 35.5. The molecule has 2 aromatic carbocycles. The van der Waals surface area contributed by atoms with Crippen LogP contribution in [0.1, 0.15) is 31.9 Å². The number of carbonyl (C=O) groups excluding carboxylic acids is 1. The molecule has 0 saturated carbocycles. The molecule has 0 radical (unpaired) electrons. The SMILES string of the molecule is CCc1c(CCN(C)CC(=O)OC)cccc1-c1cnc(-c2ccc(OC(C)C)c(Cl)c2)nc1. The van der Waals surface area contributed by atoms with Crippen LogP contribution in [0.15, 0.2) is 48.8 Å². The zero-order valence-corrected chi connectivity index (χ0v) is 21.2. The van der Waals surface area contributed by atoms with Gasteiger partial charge in [-0.3, -0.25) is 9.69 Å². The van der Waals surface area contributed by atoms with Crippen molar-refractivity contribution in [2.75, 3.05) is 27.2 Å². The number of halogens is 1.